The fraction of sp³-hybridized carbons (Fsp3) is 0.650. The number of rotatable bonds is 5. The molecule has 0 N–H and O–H groups in total. The summed E-state index contributed by atoms with van der Waals surface area (Å²) in [7, 11) is 0. The molecule has 0 unspecified atom stereocenters. The second-order valence-corrected chi connectivity index (χ2v) is 7.36. The minimum Gasteiger partial charge on any atom is -0.490 e. The number of carbonyl (C=O) groups is 1. The van der Waals surface area contributed by atoms with Crippen molar-refractivity contribution in [1.29, 1.82) is 0 Å². The van der Waals surface area contributed by atoms with E-state index in [1.54, 1.807) is 0 Å². The lowest BCUT2D eigenvalue weighted by atomic mass is 9.75. The van der Waals surface area contributed by atoms with Crippen LogP contribution in [-0.2, 0) is 14.9 Å². The Morgan fingerprint density at radius 3 is 2.33 bits per heavy atom. The molecular weight excluding hydrogens is 302 g/mol. The average molecular weight is 331 g/mol. The van der Waals surface area contributed by atoms with Crippen molar-refractivity contribution in [2.24, 2.45) is 0 Å². The van der Waals surface area contributed by atoms with Crippen molar-refractivity contribution >= 4 is 6.29 Å². The van der Waals surface area contributed by atoms with E-state index in [4.69, 9.17) is 9.47 Å². The summed E-state index contributed by atoms with van der Waals surface area (Å²) in [5.41, 5.74) is 0.710. The van der Waals surface area contributed by atoms with E-state index in [1.165, 1.54) is 0 Å². The molecule has 0 bridgehead atoms. The molecule has 0 saturated carbocycles. The summed E-state index contributed by atoms with van der Waals surface area (Å²) in [6, 6.07) is 8.76. The Morgan fingerprint density at radius 2 is 1.79 bits per heavy atom. The summed E-state index contributed by atoms with van der Waals surface area (Å²) in [4.78, 5) is 14.2. The van der Waals surface area contributed by atoms with Gasteiger partial charge in [-0.3, -0.25) is 0 Å². The lowest BCUT2D eigenvalue weighted by molar-refractivity contribution is -0.115. The third kappa shape index (κ3) is 3.81. The van der Waals surface area contributed by atoms with Gasteiger partial charge in [0.2, 0.25) is 0 Å². The summed E-state index contributed by atoms with van der Waals surface area (Å²) in [5, 5.41) is 0. The number of aldehydes is 1. The minimum atomic E-state index is -0.376. The van der Waals surface area contributed by atoms with Gasteiger partial charge in [0, 0.05) is 32.3 Å². The summed E-state index contributed by atoms with van der Waals surface area (Å²) >= 11 is 0. The standard InChI is InChI=1S/C20H29NO3/c1-16(2)21-11-7-19(8-12-21)24-18-5-3-17(4-6-18)20(15-22)9-13-23-14-10-20/h3-6,15-16,19H,7-14H2,1-2H3. The van der Waals surface area contributed by atoms with Crippen molar-refractivity contribution in [3.05, 3.63) is 29.8 Å². The van der Waals surface area contributed by atoms with Crippen molar-refractivity contribution in [3.8, 4) is 5.75 Å². The fourth-order valence-corrected chi connectivity index (χ4v) is 3.78. The van der Waals surface area contributed by atoms with Gasteiger partial charge < -0.3 is 19.2 Å². The molecule has 2 aliphatic rings. The zero-order valence-electron chi connectivity index (χ0n) is 14.9. The second-order valence-electron chi connectivity index (χ2n) is 7.36. The van der Waals surface area contributed by atoms with Gasteiger partial charge in [0.1, 0.15) is 18.1 Å². The molecule has 4 nitrogen and oxygen atoms in total. The van der Waals surface area contributed by atoms with Gasteiger partial charge >= 0.3 is 0 Å². The van der Waals surface area contributed by atoms with Gasteiger partial charge in [0.25, 0.3) is 0 Å². The minimum absolute atomic E-state index is 0.300. The van der Waals surface area contributed by atoms with Gasteiger partial charge in [-0.2, -0.15) is 0 Å². The van der Waals surface area contributed by atoms with E-state index in [0.29, 0.717) is 25.4 Å². The van der Waals surface area contributed by atoms with Crippen LogP contribution in [0, 0.1) is 0 Å². The molecule has 2 fully saturated rings. The lowest BCUT2D eigenvalue weighted by Gasteiger charge is -2.35. The number of ether oxygens (including phenoxy) is 2. The molecule has 4 heteroatoms. The fourth-order valence-electron chi connectivity index (χ4n) is 3.78. The predicted molar refractivity (Wildman–Crippen MR) is 94.6 cm³/mol. The van der Waals surface area contributed by atoms with Crippen LogP contribution in [0.4, 0.5) is 0 Å². The van der Waals surface area contributed by atoms with E-state index in [9.17, 15) is 4.79 Å². The van der Waals surface area contributed by atoms with E-state index in [2.05, 4.69) is 30.9 Å². The predicted octanol–water partition coefficient (Wildman–Crippen LogP) is 3.19. The first-order valence-electron chi connectivity index (χ1n) is 9.18. The van der Waals surface area contributed by atoms with E-state index in [0.717, 1.165) is 56.4 Å². The number of carbonyl (C=O) groups excluding carboxylic acids is 1. The number of nitrogens with zero attached hydrogens (tertiary/aromatic N) is 1. The first-order chi connectivity index (χ1) is 11.6. The molecule has 3 rings (SSSR count). The second kappa shape index (κ2) is 7.66. The van der Waals surface area contributed by atoms with Crippen molar-refractivity contribution in [2.75, 3.05) is 26.3 Å². The van der Waals surface area contributed by atoms with Crippen LogP contribution in [0.2, 0.25) is 0 Å². The van der Waals surface area contributed by atoms with Crippen LogP contribution < -0.4 is 4.74 Å². The highest BCUT2D eigenvalue weighted by Crippen LogP contribution is 2.34. The Bertz CT molecular complexity index is 526. The zero-order valence-corrected chi connectivity index (χ0v) is 14.9. The Kier molecular flexibility index (Phi) is 5.57. The number of piperidine rings is 1. The third-order valence-corrected chi connectivity index (χ3v) is 5.55. The molecular formula is C20H29NO3. The molecule has 0 atom stereocenters. The van der Waals surface area contributed by atoms with E-state index in [-0.39, 0.29) is 5.41 Å². The molecule has 2 saturated heterocycles. The van der Waals surface area contributed by atoms with Crippen molar-refractivity contribution in [2.45, 2.75) is 57.1 Å². The SMILES string of the molecule is CC(C)N1CCC(Oc2ccc(C3(C=O)CCOCC3)cc2)CC1. The van der Waals surface area contributed by atoms with Crippen molar-refractivity contribution in [1.82, 2.24) is 4.90 Å². The molecule has 1 aromatic carbocycles. The van der Waals surface area contributed by atoms with Gasteiger partial charge in [0.15, 0.2) is 0 Å². The number of hydrogen-bond acceptors (Lipinski definition) is 4. The van der Waals surface area contributed by atoms with Crippen LogP contribution in [0.25, 0.3) is 0 Å². The summed E-state index contributed by atoms with van der Waals surface area (Å²) in [5.74, 6) is 0.912. The molecule has 2 aliphatic heterocycles. The third-order valence-electron chi connectivity index (χ3n) is 5.55. The monoisotopic (exact) mass is 331 g/mol. The van der Waals surface area contributed by atoms with Gasteiger partial charge in [-0.15, -0.1) is 0 Å². The Balaban J connectivity index is 1.60. The summed E-state index contributed by atoms with van der Waals surface area (Å²) in [6.07, 6.45) is 5.10. The molecule has 2 heterocycles. The lowest BCUT2D eigenvalue weighted by Crippen LogP contribution is -2.41. The first kappa shape index (κ1) is 17.4. The maximum atomic E-state index is 11.7. The molecule has 0 spiro atoms. The van der Waals surface area contributed by atoms with E-state index >= 15 is 0 Å². The Labute approximate surface area is 145 Å². The first-order valence-corrected chi connectivity index (χ1v) is 9.18. The molecule has 0 aliphatic carbocycles. The molecule has 132 valence electrons. The number of benzene rings is 1. The normalized spacial score (nSPS) is 22.5. The van der Waals surface area contributed by atoms with Gasteiger partial charge in [-0.05, 0) is 57.2 Å². The highest BCUT2D eigenvalue weighted by molar-refractivity contribution is 5.69. The van der Waals surface area contributed by atoms with E-state index < -0.39 is 0 Å². The highest BCUT2D eigenvalue weighted by atomic mass is 16.5. The summed E-state index contributed by atoms with van der Waals surface area (Å²) < 4.78 is 11.6. The molecule has 24 heavy (non-hydrogen) atoms. The highest BCUT2D eigenvalue weighted by Gasteiger charge is 2.34. The molecule has 1 aromatic rings. The Morgan fingerprint density at radius 1 is 1.17 bits per heavy atom. The van der Waals surface area contributed by atoms with Gasteiger partial charge in [0.05, 0.1) is 5.41 Å². The van der Waals surface area contributed by atoms with E-state index in [1.807, 2.05) is 12.1 Å². The smallest absolute Gasteiger partial charge is 0.130 e. The molecule has 0 aromatic heterocycles. The van der Waals surface area contributed by atoms with Crippen LogP contribution in [0.1, 0.15) is 45.1 Å². The quantitative estimate of drug-likeness (QED) is 0.777. The molecule has 0 amide bonds. The topological polar surface area (TPSA) is 38.8 Å². The molecule has 0 radical (unpaired) electrons. The van der Waals surface area contributed by atoms with Crippen molar-refractivity contribution in [3.63, 3.8) is 0 Å². The maximum Gasteiger partial charge on any atom is 0.130 e. The number of hydrogen-bond donors (Lipinski definition) is 0. The van der Waals surface area contributed by atoms with Crippen LogP contribution in [-0.4, -0.2) is 49.6 Å². The average Bonchev–Trinajstić information content (AvgIpc) is 2.63. The maximum absolute atomic E-state index is 11.7. The van der Waals surface area contributed by atoms with Gasteiger partial charge in [-0.25, -0.2) is 0 Å². The van der Waals surface area contributed by atoms with Crippen LogP contribution in [0.15, 0.2) is 24.3 Å². The zero-order chi connectivity index (χ0) is 17.0. The van der Waals surface area contributed by atoms with Crippen LogP contribution in [0.3, 0.4) is 0 Å². The Hall–Kier alpha value is -1.39. The van der Waals surface area contributed by atoms with Crippen LogP contribution >= 0.6 is 0 Å². The van der Waals surface area contributed by atoms with Gasteiger partial charge in [-0.1, -0.05) is 12.1 Å². The number of likely N-dealkylation sites (tertiary alicyclic amines) is 1. The summed E-state index contributed by atoms with van der Waals surface area (Å²) in [6.45, 7) is 8.03. The van der Waals surface area contributed by atoms with Crippen molar-refractivity contribution < 1.29 is 14.3 Å². The largest absolute Gasteiger partial charge is 0.490 e. The van der Waals surface area contributed by atoms with Crippen LogP contribution in [0.5, 0.6) is 5.75 Å².